The number of hydrogen-bond donors (Lipinski definition) is 1. The van der Waals surface area contributed by atoms with Gasteiger partial charge in [0.05, 0.1) is 0 Å². The Bertz CT molecular complexity index is 379. The molecule has 1 aromatic heterocycles. The summed E-state index contributed by atoms with van der Waals surface area (Å²) in [5.41, 5.74) is 6.40. The molecule has 110 valence electrons. The monoisotopic (exact) mass is 267 g/mol. The Morgan fingerprint density at radius 1 is 1.32 bits per heavy atom. The molecule has 0 aromatic carbocycles. The number of hydrogen-bond acceptors (Lipinski definition) is 4. The summed E-state index contributed by atoms with van der Waals surface area (Å²) >= 11 is 0. The van der Waals surface area contributed by atoms with E-state index < -0.39 is 0 Å². The van der Waals surface area contributed by atoms with Gasteiger partial charge in [-0.15, -0.1) is 0 Å². The third-order valence-corrected chi connectivity index (χ3v) is 4.02. The van der Waals surface area contributed by atoms with Crippen molar-refractivity contribution >= 4 is 0 Å². The van der Waals surface area contributed by atoms with E-state index in [1.54, 1.807) is 6.33 Å². The van der Waals surface area contributed by atoms with Crippen molar-refractivity contribution in [3.63, 3.8) is 0 Å². The number of likely N-dealkylation sites (N-methyl/N-ethyl adjacent to an activating group) is 1. The Morgan fingerprint density at radius 2 is 1.89 bits per heavy atom. The van der Waals surface area contributed by atoms with Crippen LogP contribution in [0, 0.1) is 0 Å². The van der Waals surface area contributed by atoms with Crippen LogP contribution in [0.1, 0.15) is 53.4 Å². The van der Waals surface area contributed by atoms with E-state index in [0.29, 0.717) is 6.04 Å². The highest BCUT2D eigenvalue weighted by molar-refractivity contribution is 4.99. The lowest BCUT2D eigenvalue weighted by atomic mass is 9.90. The van der Waals surface area contributed by atoms with Crippen molar-refractivity contribution in [1.29, 1.82) is 0 Å². The second-order valence-corrected chi connectivity index (χ2v) is 5.85. The second kappa shape index (κ2) is 6.48. The first kappa shape index (κ1) is 16.1. The summed E-state index contributed by atoms with van der Waals surface area (Å²) in [5.74, 6) is 0.975. The zero-order chi connectivity index (χ0) is 14.6. The highest BCUT2D eigenvalue weighted by Gasteiger charge is 2.32. The second-order valence-electron chi connectivity index (χ2n) is 5.85. The molecule has 1 atom stereocenters. The summed E-state index contributed by atoms with van der Waals surface area (Å²) in [7, 11) is 0. The normalized spacial score (nSPS) is 14.4. The van der Waals surface area contributed by atoms with Crippen LogP contribution in [0.4, 0.5) is 0 Å². The van der Waals surface area contributed by atoms with E-state index in [1.807, 2.05) is 4.68 Å². The Hall–Kier alpha value is -0.940. The molecule has 1 heterocycles. The van der Waals surface area contributed by atoms with Crippen LogP contribution >= 0.6 is 0 Å². The molecule has 1 aromatic rings. The lowest BCUT2D eigenvalue weighted by molar-refractivity contribution is 0.105. The average molecular weight is 267 g/mol. The SMILES string of the molecule is CCN(CC)C(C)(C)C(N)Cc1ncnn1C(C)C. The maximum atomic E-state index is 6.44. The number of rotatable bonds is 7. The molecule has 0 saturated heterocycles. The highest BCUT2D eigenvalue weighted by atomic mass is 15.3. The molecule has 0 bridgehead atoms. The molecule has 0 spiro atoms. The van der Waals surface area contributed by atoms with Crippen molar-refractivity contribution in [2.45, 2.75) is 65.6 Å². The summed E-state index contributed by atoms with van der Waals surface area (Å²) < 4.78 is 1.96. The van der Waals surface area contributed by atoms with Crippen molar-refractivity contribution in [1.82, 2.24) is 19.7 Å². The minimum Gasteiger partial charge on any atom is -0.326 e. The molecule has 0 saturated carbocycles. The van der Waals surface area contributed by atoms with Gasteiger partial charge in [-0.25, -0.2) is 9.67 Å². The standard InChI is InChI=1S/C14H29N5/c1-7-18(8-2)14(5,6)12(15)9-13-16-10-17-19(13)11(3)4/h10-12H,7-9,15H2,1-6H3. The molecule has 1 unspecified atom stereocenters. The Balaban J connectivity index is 2.83. The minimum atomic E-state index is -0.0444. The van der Waals surface area contributed by atoms with Crippen LogP contribution in [0.5, 0.6) is 0 Å². The van der Waals surface area contributed by atoms with E-state index >= 15 is 0 Å². The van der Waals surface area contributed by atoms with Gasteiger partial charge >= 0.3 is 0 Å². The van der Waals surface area contributed by atoms with Gasteiger partial charge in [-0.2, -0.15) is 5.10 Å². The summed E-state index contributed by atoms with van der Waals surface area (Å²) in [6.45, 7) is 15.0. The van der Waals surface area contributed by atoms with Crippen LogP contribution in [0.25, 0.3) is 0 Å². The largest absolute Gasteiger partial charge is 0.326 e. The van der Waals surface area contributed by atoms with Crippen LogP contribution in [0.2, 0.25) is 0 Å². The Kier molecular flexibility index (Phi) is 5.50. The van der Waals surface area contributed by atoms with E-state index in [4.69, 9.17) is 5.73 Å². The van der Waals surface area contributed by atoms with Gasteiger partial charge in [0.1, 0.15) is 12.2 Å². The van der Waals surface area contributed by atoms with E-state index in [9.17, 15) is 0 Å². The van der Waals surface area contributed by atoms with Gasteiger partial charge in [-0.05, 0) is 40.8 Å². The van der Waals surface area contributed by atoms with Crippen LogP contribution < -0.4 is 5.73 Å². The summed E-state index contributed by atoms with van der Waals surface area (Å²) in [5, 5.41) is 4.27. The van der Waals surface area contributed by atoms with E-state index in [0.717, 1.165) is 25.3 Å². The molecule has 0 amide bonds. The zero-order valence-corrected chi connectivity index (χ0v) is 13.2. The number of nitrogens with zero attached hydrogens (tertiary/aromatic N) is 4. The van der Waals surface area contributed by atoms with Gasteiger partial charge < -0.3 is 5.73 Å². The third kappa shape index (κ3) is 3.54. The van der Waals surface area contributed by atoms with Gasteiger partial charge in [-0.3, -0.25) is 4.90 Å². The molecule has 5 heteroatoms. The van der Waals surface area contributed by atoms with Crippen LogP contribution in [0.3, 0.4) is 0 Å². The Labute approximate surface area is 117 Å². The van der Waals surface area contributed by atoms with E-state index in [-0.39, 0.29) is 11.6 Å². The van der Waals surface area contributed by atoms with Gasteiger partial charge in [0.25, 0.3) is 0 Å². The lowest BCUT2D eigenvalue weighted by Crippen LogP contribution is -2.57. The molecular formula is C14H29N5. The first-order chi connectivity index (χ1) is 8.84. The molecule has 0 aliphatic carbocycles. The van der Waals surface area contributed by atoms with Crippen LogP contribution in [-0.2, 0) is 6.42 Å². The van der Waals surface area contributed by atoms with Crippen LogP contribution in [0.15, 0.2) is 6.33 Å². The quantitative estimate of drug-likeness (QED) is 0.819. The van der Waals surface area contributed by atoms with Crippen molar-refractivity contribution in [2.75, 3.05) is 13.1 Å². The topological polar surface area (TPSA) is 60.0 Å². The molecule has 5 nitrogen and oxygen atoms in total. The first-order valence-electron chi connectivity index (χ1n) is 7.23. The average Bonchev–Trinajstić information content (AvgIpc) is 2.78. The van der Waals surface area contributed by atoms with Gasteiger partial charge in [0.15, 0.2) is 0 Å². The molecule has 0 fully saturated rings. The van der Waals surface area contributed by atoms with Gasteiger partial charge in [0.2, 0.25) is 0 Å². The van der Waals surface area contributed by atoms with Gasteiger partial charge in [-0.1, -0.05) is 13.8 Å². The predicted octanol–water partition coefficient (Wildman–Crippen LogP) is 1.85. The molecule has 19 heavy (non-hydrogen) atoms. The Morgan fingerprint density at radius 3 is 2.37 bits per heavy atom. The highest BCUT2D eigenvalue weighted by Crippen LogP contribution is 2.20. The molecule has 2 N–H and O–H groups in total. The third-order valence-electron chi connectivity index (χ3n) is 4.02. The smallest absolute Gasteiger partial charge is 0.138 e. The molecule has 0 aliphatic rings. The maximum absolute atomic E-state index is 6.44. The summed E-state index contributed by atoms with van der Waals surface area (Å²) in [6, 6.07) is 0.357. The maximum Gasteiger partial charge on any atom is 0.138 e. The predicted molar refractivity (Wildman–Crippen MR) is 79.1 cm³/mol. The van der Waals surface area contributed by atoms with Crippen molar-refractivity contribution < 1.29 is 0 Å². The minimum absolute atomic E-state index is 0.0362. The summed E-state index contributed by atoms with van der Waals surface area (Å²) in [4.78, 5) is 6.75. The summed E-state index contributed by atoms with van der Waals surface area (Å²) in [6.07, 6.45) is 2.37. The molecular weight excluding hydrogens is 238 g/mol. The van der Waals surface area contributed by atoms with Gasteiger partial charge in [0, 0.05) is 24.0 Å². The number of aromatic nitrogens is 3. The zero-order valence-electron chi connectivity index (χ0n) is 13.2. The molecule has 0 aliphatic heterocycles. The van der Waals surface area contributed by atoms with E-state index in [2.05, 4.69) is 56.5 Å². The van der Waals surface area contributed by atoms with Crippen molar-refractivity contribution in [3.8, 4) is 0 Å². The van der Waals surface area contributed by atoms with E-state index in [1.165, 1.54) is 0 Å². The van der Waals surface area contributed by atoms with Crippen molar-refractivity contribution in [2.24, 2.45) is 5.73 Å². The van der Waals surface area contributed by atoms with Crippen LogP contribution in [-0.4, -0.2) is 44.3 Å². The lowest BCUT2D eigenvalue weighted by Gasteiger charge is -2.41. The molecule has 0 radical (unpaired) electrons. The molecule has 1 rings (SSSR count). The fourth-order valence-electron chi connectivity index (χ4n) is 2.57. The first-order valence-corrected chi connectivity index (χ1v) is 7.23. The fourth-order valence-corrected chi connectivity index (χ4v) is 2.57. The fraction of sp³-hybridized carbons (Fsp3) is 0.857. The van der Waals surface area contributed by atoms with Crippen molar-refractivity contribution in [3.05, 3.63) is 12.2 Å². The number of nitrogens with two attached hydrogens (primary N) is 1.